The molecule has 1 saturated heterocycles. The van der Waals surface area contributed by atoms with Crippen LogP contribution >= 0.6 is 15.9 Å². The highest BCUT2D eigenvalue weighted by Crippen LogP contribution is 2.41. The number of hydrogen-bond donors (Lipinski definition) is 0. The molecule has 0 spiro atoms. The number of hydrogen-bond acceptors (Lipinski definition) is 2. The molecule has 0 radical (unpaired) electrons. The van der Waals surface area contributed by atoms with Crippen LogP contribution in [0.15, 0.2) is 23.0 Å². The molecule has 4 rings (SSSR count). The molecule has 1 aliphatic heterocycles. The highest BCUT2D eigenvalue weighted by atomic mass is 79.9. The fourth-order valence-electron chi connectivity index (χ4n) is 4.20. The molecule has 3 nitrogen and oxygen atoms in total. The van der Waals surface area contributed by atoms with Gasteiger partial charge >= 0.3 is 0 Å². The summed E-state index contributed by atoms with van der Waals surface area (Å²) in [5, 5.41) is 1.99. The van der Waals surface area contributed by atoms with Crippen molar-refractivity contribution in [2.45, 2.75) is 64.2 Å². The molecule has 1 unspecified atom stereocenters. The van der Waals surface area contributed by atoms with Crippen molar-refractivity contribution in [2.75, 3.05) is 18.0 Å². The number of alkyl halides is 1. The molecule has 1 saturated carbocycles. The lowest BCUT2D eigenvalue weighted by molar-refractivity contribution is 0.278. The summed E-state index contributed by atoms with van der Waals surface area (Å²) < 4.78 is 2.10. The monoisotopic (exact) mass is 416 g/mol. The summed E-state index contributed by atoms with van der Waals surface area (Å²) in [6.45, 7) is 11.0. The third-order valence-corrected chi connectivity index (χ3v) is 6.60. The number of piperidine rings is 1. The second kappa shape index (κ2) is 6.40. The molecule has 0 N–H and O–H groups in total. The fourth-order valence-corrected chi connectivity index (χ4v) is 4.57. The largest absolute Gasteiger partial charge is 0.358 e. The van der Waals surface area contributed by atoms with Crippen LogP contribution in [-0.4, -0.2) is 17.7 Å². The predicted octanol–water partition coefficient (Wildman–Crippen LogP) is 5.73. The zero-order chi connectivity index (χ0) is 18.6. The van der Waals surface area contributed by atoms with E-state index >= 15 is 0 Å². The highest BCUT2D eigenvalue weighted by molar-refractivity contribution is 9.09. The quantitative estimate of drug-likeness (QED) is 0.597. The SMILES string of the molecule is Cc1cc(C(C)Br)c2cc(N3CCC(C)(C)CC3)n(C3CC3)c(=O)c2c1. The van der Waals surface area contributed by atoms with Crippen LogP contribution in [0.1, 0.15) is 68.5 Å². The topological polar surface area (TPSA) is 25.2 Å². The molecule has 0 amide bonds. The Labute approximate surface area is 164 Å². The third kappa shape index (κ3) is 3.21. The zero-order valence-electron chi connectivity index (χ0n) is 16.3. The number of aromatic nitrogens is 1. The van der Waals surface area contributed by atoms with Crippen LogP contribution in [0.3, 0.4) is 0 Å². The minimum Gasteiger partial charge on any atom is -0.358 e. The summed E-state index contributed by atoms with van der Waals surface area (Å²) in [6.07, 6.45) is 4.62. The first-order valence-corrected chi connectivity index (χ1v) is 10.8. The van der Waals surface area contributed by atoms with Gasteiger partial charge in [-0.25, -0.2) is 0 Å². The number of nitrogens with zero attached hydrogens (tertiary/aromatic N) is 2. The summed E-state index contributed by atoms with van der Waals surface area (Å²) in [5.41, 5.74) is 2.98. The smallest absolute Gasteiger partial charge is 0.260 e. The van der Waals surface area contributed by atoms with Gasteiger partial charge in [0.25, 0.3) is 5.56 Å². The van der Waals surface area contributed by atoms with E-state index in [2.05, 4.69) is 71.3 Å². The lowest BCUT2D eigenvalue weighted by Gasteiger charge is -2.39. The number of anilines is 1. The van der Waals surface area contributed by atoms with E-state index in [0.29, 0.717) is 11.5 Å². The number of aryl methyl sites for hydroxylation is 1. The maximum Gasteiger partial charge on any atom is 0.260 e. The lowest BCUT2D eigenvalue weighted by Crippen LogP contribution is -2.40. The van der Waals surface area contributed by atoms with E-state index in [1.165, 1.54) is 18.4 Å². The molecule has 1 atom stereocenters. The Balaban J connectivity index is 1.91. The van der Waals surface area contributed by atoms with Crippen molar-refractivity contribution in [1.29, 1.82) is 0 Å². The predicted molar refractivity (Wildman–Crippen MR) is 114 cm³/mol. The second-order valence-corrected chi connectivity index (χ2v) is 10.4. The fraction of sp³-hybridized carbons (Fsp3) is 0.591. The van der Waals surface area contributed by atoms with E-state index in [1.807, 2.05) is 0 Å². The van der Waals surface area contributed by atoms with Crippen molar-refractivity contribution in [3.05, 3.63) is 39.7 Å². The number of benzene rings is 1. The summed E-state index contributed by atoms with van der Waals surface area (Å²) >= 11 is 3.74. The molecule has 2 fully saturated rings. The van der Waals surface area contributed by atoms with Crippen LogP contribution in [-0.2, 0) is 0 Å². The Kier molecular flexibility index (Phi) is 4.45. The van der Waals surface area contributed by atoms with Crippen LogP contribution in [0.4, 0.5) is 5.82 Å². The van der Waals surface area contributed by atoms with Gasteiger partial charge in [-0.3, -0.25) is 9.36 Å². The van der Waals surface area contributed by atoms with Crippen molar-refractivity contribution in [2.24, 2.45) is 5.41 Å². The average molecular weight is 417 g/mol. The van der Waals surface area contributed by atoms with Crippen LogP contribution in [0.2, 0.25) is 0 Å². The van der Waals surface area contributed by atoms with Gasteiger partial charge in [-0.05, 0) is 73.6 Å². The van der Waals surface area contributed by atoms with E-state index in [-0.39, 0.29) is 10.4 Å². The number of halogens is 1. The van der Waals surface area contributed by atoms with Gasteiger partial charge < -0.3 is 4.90 Å². The van der Waals surface area contributed by atoms with Crippen molar-refractivity contribution >= 4 is 32.5 Å². The van der Waals surface area contributed by atoms with E-state index < -0.39 is 0 Å². The molecule has 26 heavy (non-hydrogen) atoms. The van der Waals surface area contributed by atoms with Crippen molar-refractivity contribution < 1.29 is 0 Å². The van der Waals surface area contributed by atoms with Crippen molar-refractivity contribution in [3.8, 4) is 0 Å². The van der Waals surface area contributed by atoms with Gasteiger partial charge in [-0.1, -0.05) is 35.8 Å². The molecule has 2 aliphatic rings. The summed E-state index contributed by atoms with van der Waals surface area (Å²) in [5.74, 6) is 1.14. The van der Waals surface area contributed by atoms with Gasteiger partial charge in [0.05, 0.1) is 0 Å². The number of pyridine rings is 1. The maximum absolute atomic E-state index is 13.4. The Morgan fingerprint density at radius 3 is 2.35 bits per heavy atom. The van der Waals surface area contributed by atoms with Gasteiger partial charge in [0.2, 0.25) is 0 Å². The summed E-state index contributed by atoms with van der Waals surface area (Å²) in [6, 6.07) is 6.96. The maximum atomic E-state index is 13.4. The third-order valence-electron chi connectivity index (χ3n) is 6.11. The minimum atomic E-state index is 0.197. The number of fused-ring (bicyclic) bond motifs is 1. The van der Waals surface area contributed by atoms with E-state index in [4.69, 9.17) is 0 Å². The zero-order valence-corrected chi connectivity index (χ0v) is 17.9. The Hall–Kier alpha value is -1.29. The van der Waals surface area contributed by atoms with Crippen LogP contribution in [0, 0.1) is 12.3 Å². The van der Waals surface area contributed by atoms with Crippen LogP contribution < -0.4 is 10.5 Å². The molecular weight excluding hydrogens is 388 g/mol. The van der Waals surface area contributed by atoms with Gasteiger partial charge in [-0.15, -0.1) is 0 Å². The number of rotatable bonds is 3. The molecule has 1 aliphatic carbocycles. The first kappa shape index (κ1) is 18.1. The average Bonchev–Trinajstić information content (AvgIpc) is 3.39. The van der Waals surface area contributed by atoms with Crippen LogP contribution in [0.25, 0.3) is 10.8 Å². The molecule has 1 aromatic carbocycles. The summed E-state index contributed by atoms with van der Waals surface area (Å²) in [7, 11) is 0. The van der Waals surface area contributed by atoms with E-state index in [9.17, 15) is 4.79 Å². The van der Waals surface area contributed by atoms with Gasteiger partial charge in [0.1, 0.15) is 5.82 Å². The van der Waals surface area contributed by atoms with Gasteiger partial charge in [0.15, 0.2) is 0 Å². The highest BCUT2D eigenvalue weighted by Gasteiger charge is 2.32. The molecule has 4 heteroatoms. The minimum absolute atomic E-state index is 0.197. The molecule has 2 aromatic rings. The summed E-state index contributed by atoms with van der Waals surface area (Å²) in [4.78, 5) is 16.1. The lowest BCUT2D eigenvalue weighted by atomic mass is 9.82. The van der Waals surface area contributed by atoms with E-state index in [0.717, 1.165) is 48.1 Å². The van der Waals surface area contributed by atoms with Gasteiger partial charge in [0, 0.05) is 29.3 Å². The first-order chi connectivity index (χ1) is 12.3. The van der Waals surface area contributed by atoms with Gasteiger partial charge in [-0.2, -0.15) is 0 Å². The normalized spacial score (nSPS) is 21.2. The van der Waals surface area contributed by atoms with Crippen molar-refractivity contribution in [3.63, 3.8) is 0 Å². The Morgan fingerprint density at radius 1 is 1.12 bits per heavy atom. The van der Waals surface area contributed by atoms with Crippen molar-refractivity contribution in [1.82, 2.24) is 4.57 Å². The standard InChI is InChI=1S/C22H29BrN2O/c1-14-11-17(15(2)23)18-13-20(24-9-7-22(3,4)8-10-24)25(16-5-6-16)21(26)19(18)12-14/h11-13,15-16H,5-10H2,1-4H3. The first-order valence-electron chi connectivity index (χ1n) is 9.86. The molecule has 2 heterocycles. The molecule has 0 bridgehead atoms. The second-order valence-electron chi connectivity index (χ2n) is 8.99. The molecule has 140 valence electrons. The van der Waals surface area contributed by atoms with Crippen LogP contribution in [0.5, 0.6) is 0 Å². The van der Waals surface area contributed by atoms with E-state index in [1.54, 1.807) is 0 Å². The molecule has 1 aromatic heterocycles. The Morgan fingerprint density at radius 2 is 1.77 bits per heavy atom. The Bertz CT molecular complexity index is 898. The molecular formula is C22H29BrN2O.